The number of amides is 1. The van der Waals surface area contributed by atoms with Crippen LogP contribution in [0, 0.1) is 25.2 Å². The van der Waals surface area contributed by atoms with Crippen LogP contribution in [0.25, 0.3) is 10.2 Å². The zero-order chi connectivity index (χ0) is 20.4. The maximum Gasteiger partial charge on any atom is 0.263 e. The van der Waals surface area contributed by atoms with E-state index in [4.69, 9.17) is 5.26 Å². The van der Waals surface area contributed by atoms with Gasteiger partial charge in [-0.15, -0.1) is 11.3 Å². The number of para-hydroxylation sites is 1. The number of carbonyl (C=O) groups is 1. The summed E-state index contributed by atoms with van der Waals surface area (Å²) in [5, 5.41) is 13.1. The van der Waals surface area contributed by atoms with E-state index in [1.54, 1.807) is 28.8 Å². The van der Waals surface area contributed by atoms with E-state index in [1.807, 2.05) is 27.7 Å². The number of benzene rings is 1. The third kappa shape index (κ3) is 3.81. The van der Waals surface area contributed by atoms with Gasteiger partial charge < -0.3 is 5.32 Å². The van der Waals surface area contributed by atoms with Gasteiger partial charge in [-0.05, 0) is 45.4 Å². The van der Waals surface area contributed by atoms with Crippen molar-refractivity contribution in [1.29, 1.82) is 5.26 Å². The van der Waals surface area contributed by atoms with Crippen molar-refractivity contribution in [2.24, 2.45) is 0 Å². The molecule has 8 heteroatoms. The molecule has 3 rings (SSSR count). The summed E-state index contributed by atoms with van der Waals surface area (Å²) in [6, 6.07) is 8.82. The molecule has 0 saturated heterocycles. The van der Waals surface area contributed by atoms with E-state index in [-0.39, 0.29) is 23.3 Å². The van der Waals surface area contributed by atoms with Crippen LogP contribution in [0.3, 0.4) is 0 Å². The number of nitrogens with zero attached hydrogens (tertiary/aromatic N) is 3. The lowest BCUT2D eigenvalue weighted by Gasteiger charge is -2.15. The molecular formula is C20H20N4O2S2. The van der Waals surface area contributed by atoms with Gasteiger partial charge >= 0.3 is 0 Å². The van der Waals surface area contributed by atoms with Crippen LogP contribution in [0.5, 0.6) is 0 Å². The highest BCUT2D eigenvalue weighted by Crippen LogP contribution is 2.29. The third-order valence-corrected chi connectivity index (χ3v) is 6.43. The first-order valence-electron chi connectivity index (χ1n) is 8.77. The molecule has 0 aliphatic carbocycles. The maximum absolute atomic E-state index is 13.0. The van der Waals surface area contributed by atoms with Crippen molar-refractivity contribution >= 4 is 44.9 Å². The lowest BCUT2D eigenvalue weighted by atomic mass is 10.2. The lowest BCUT2D eigenvalue weighted by Crippen LogP contribution is -2.25. The highest BCUT2D eigenvalue weighted by atomic mass is 32.2. The Hall–Kier alpha value is -2.63. The molecule has 1 amide bonds. The first-order chi connectivity index (χ1) is 13.3. The number of nitrogens with one attached hydrogen (secondary N) is 1. The molecule has 0 aliphatic heterocycles. The normalized spacial score (nSPS) is 11.0. The zero-order valence-electron chi connectivity index (χ0n) is 16.1. The summed E-state index contributed by atoms with van der Waals surface area (Å²) in [6.07, 6.45) is 0. The quantitative estimate of drug-likeness (QED) is 0.500. The fourth-order valence-electron chi connectivity index (χ4n) is 2.85. The van der Waals surface area contributed by atoms with Crippen LogP contribution in [0.2, 0.25) is 0 Å². The predicted octanol–water partition coefficient (Wildman–Crippen LogP) is 4.26. The molecule has 0 aliphatic rings. The Bertz CT molecular complexity index is 1160. The first kappa shape index (κ1) is 20.1. The molecule has 3 aromatic rings. The number of carbonyl (C=O) groups excluding carboxylic acids is 1. The van der Waals surface area contributed by atoms with Crippen LogP contribution in [0.4, 0.5) is 5.69 Å². The minimum absolute atomic E-state index is 0.0698. The van der Waals surface area contributed by atoms with E-state index in [1.165, 1.54) is 23.1 Å². The minimum Gasteiger partial charge on any atom is -0.324 e. The van der Waals surface area contributed by atoms with Crippen molar-refractivity contribution in [3.05, 3.63) is 50.6 Å². The number of thioether (sulfide) groups is 1. The number of thiophene rings is 1. The molecule has 0 radical (unpaired) electrons. The van der Waals surface area contributed by atoms with E-state index in [0.29, 0.717) is 26.6 Å². The fourth-order valence-corrected chi connectivity index (χ4v) is 4.85. The van der Waals surface area contributed by atoms with Gasteiger partial charge in [-0.25, -0.2) is 4.98 Å². The molecule has 2 aromatic heterocycles. The lowest BCUT2D eigenvalue weighted by molar-refractivity contribution is -0.113. The fraction of sp³-hybridized carbons (Fsp3) is 0.300. The van der Waals surface area contributed by atoms with Crippen LogP contribution in [0.15, 0.2) is 34.2 Å². The summed E-state index contributed by atoms with van der Waals surface area (Å²) in [5.41, 5.74) is 1.78. The SMILES string of the molecule is Cc1sc2nc(SCC(=O)Nc3ccccc3C#N)n(C(C)C)c(=O)c2c1C. The van der Waals surface area contributed by atoms with E-state index in [2.05, 4.69) is 16.4 Å². The molecule has 0 unspecified atom stereocenters. The summed E-state index contributed by atoms with van der Waals surface area (Å²) < 4.78 is 1.64. The number of hydrogen-bond donors (Lipinski definition) is 1. The zero-order valence-corrected chi connectivity index (χ0v) is 17.7. The Balaban J connectivity index is 1.88. The molecule has 2 heterocycles. The average Bonchev–Trinajstić information content (AvgIpc) is 2.94. The molecule has 6 nitrogen and oxygen atoms in total. The largest absolute Gasteiger partial charge is 0.324 e. The van der Waals surface area contributed by atoms with E-state index in [0.717, 1.165) is 10.4 Å². The number of fused-ring (bicyclic) bond motifs is 1. The summed E-state index contributed by atoms with van der Waals surface area (Å²) in [5.74, 6) is -0.163. The molecule has 0 fully saturated rings. The average molecular weight is 413 g/mol. The van der Waals surface area contributed by atoms with Crippen LogP contribution in [-0.2, 0) is 4.79 Å². The van der Waals surface area contributed by atoms with E-state index < -0.39 is 0 Å². The smallest absolute Gasteiger partial charge is 0.263 e. The number of rotatable bonds is 5. The van der Waals surface area contributed by atoms with Crippen molar-refractivity contribution in [2.45, 2.75) is 38.9 Å². The van der Waals surface area contributed by atoms with Crippen molar-refractivity contribution in [3.8, 4) is 6.07 Å². The number of nitriles is 1. The van der Waals surface area contributed by atoms with E-state index >= 15 is 0 Å². The van der Waals surface area contributed by atoms with Crippen LogP contribution < -0.4 is 10.9 Å². The van der Waals surface area contributed by atoms with E-state index in [9.17, 15) is 9.59 Å². The second-order valence-corrected chi connectivity index (χ2v) is 8.77. The number of anilines is 1. The topological polar surface area (TPSA) is 87.8 Å². The molecule has 28 heavy (non-hydrogen) atoms. The summed E-state index contributed by atoms with van der Waals surface area (Å²) in [7, 11) is 0. The van der Waals surface area contributed by atoms with Crippen molar-refractivity contribution < 1.29 is 4.79 Å². The Morgan fingerprint density at radius 1 is 1.36 bits per heavy atom. The van der Waals surface area contributed by atoms with Gasteiger partial charge in [0, 0.05) is 10.9 Å². The molecule has 0 atom stereocenters. The van der Waals surface area contributed by atoms with Gasteiger partial charge in [-0.3, -0.25) is 14.2 Å². The van der Waals surface area contributed by atoms with Crippen molar-refractivity contribution in [3.63, 3.8) is 0 Å². The van der Waals surface area contributed by atoms with Gasteiger partial charge in [0.05, 0.1) is 22.4 Å². The highest BCUT2D eigenvalue weighted by Gasteiger charge is 2.19. The molecular weight excluding hydrogens is 392 g/mol. The molecule has 0 saturated carbocycles. The number of aromatic nitrogens is 2. The van der Waals surface area contributed by atoms with Crippen molar-refractivity contribution in [2.75, 3.05) is 11.1 Å². The minimum atomic E-state index is -0.254. The molecule has 1 N–H and O–H groups in total. The number of aryl methyl sites for hydroxylation is 2. The molecule has 1 aromatic carbocycles. The number of hydrogen-bond acceptors (Lipinski definition) is 6. The summed E-state index contributed by atoms with van der Waals surface area (Å²) in [6.45, 7) is 7.77. The van der Waals surface area contributed by atoms with Crippen molar-refractivity contribution in [1.82, 2.24) is 9.55 Å². The Labute approximate surface area is 171 Å². The monoisotopic (exact) mass is 412 g/mol. The van der Waals surface area contributed by atoms with Gasteiger partial charge in [-0.1, -0.05) is 23.9 Å². The van der Waals surface area contributed by atoms with Gasteiger partial charge in [0.25, 0.3) is 5.56 Å². The van der Waals surface area contributed by atoms with Crippen LogP contribution in [-0.4, -0.2) is 21.2 Å². The highest BCUT2D eigenvalue weighted by molar-refractivity contribution is 7.99. The maximum atomic E-state index is 13.0. The van der Waals surface area contributed by atoms with Crippen LogP contribution in [0.1, 0.15) is 35.9 Å². The molecule has 144 valence electrons. The van der Waals surface area contributed by atoms with Crippen LogP contribution >= 0.6 is 23.1 Å². The Morgan fingerprint density at radius 2 is 2.07 bits per heavy atom. The second kappa shape index (κ2) is 8.17. The van der Waals surface area contributed by atoms with Gasteiger partial charge in [0.15, 0.2) is 5.16 Å². The van der Waals surface area contributed by atoms with Gasteiger partial charge in [-0.2, -0.15) is 5.26 Å². The summed E-state index contributed by atoms with van der Waals surface area (Å²) >= 11 is 2.72. The summed E-state index contributed by atoms with van der Waals surface area (Å²) in [4.78, 5) is 31.9. The molecule has 0 bridgehead atoms. The van der Waals surface area contributed by atoms with Gasteiger partial charge in [0.2, 0.25) is 5.91 Å². The predicted molar refractivity (Wildman–Crippen MR) is 114 cm³/mol. The standard InChI is InChI=1S/C20H20N4O2S2/c1-11(2)24-19(26)17-12(3)13(4)28-18(17)23-20(24)27-10-16(25)22-15-8-6-5-7-14(15)9-21/h5-8,11H,10H2,1-4H3,(H,22,25). The third-order valence-electron chi connectivity index (χ3n) is 4.37. The molecule has 0 spiro atoms. The Morgan fingerprint density at radius 3 is 2.75 bits per heavy atom. The van der Waals surface area contributed by atoms with Gasteiger partial charge in [0.1, 0.15) is 10.9 Å². The Kier molecular flexibility index (Phi) is 5.87. The first-order valence-corrected chi connectivity index (χ1v) is 10.6. The second-order valence-electron chi connectivity index (χ2n) is 6.62.